The molecule has 0 spiro atoms. The number of rotatable bonds is 6. The maximum absolute atomic E-state index is 13.9. The van der Waals surface area contributed by atoms with Crippen molar-refractivity contribution in [3.05, 3.63) is 65.0 Å². The Hall–Kier alpha value is -4.35. The topological polar surface area (TPSA) is 77.9 Å². The zero-order chi connectivity index (χ0) is 35.0. The van der Waals surface area contributed by atoms with Crippen LogP contribution in [0, 0.1) is 0 Å². The fourth-order valence-corrected chi connectivity index (χ4v) is 5.54. The van der Waals surface area contributed by atoms with Gasteiger partial charge in [-0.05, 0) is 56.7 Å². The number of fused-ring (bicyclic) bond motifs is 1. The maximum atomic E-state index is 13.9. The van der Waals surface area contributed by atoms with Gasteiger partial charge in [0.05, 0.1) is 22.5 Å². The number of benzene rings is 1. The van der Waals surface area contributed by atoms with E-state index in [1.165, 1.54) is 11.1 Å². The molecule has 0 aliphatic carbocycles. The van der Waals surface area contributed by atoms with Crippen LogP contribution in [0.4, 0.5) is 62.8 Å². The molecule has 2 aliphatic rings. The number of alkyl halides is 9. The van der Waals surface area contributed by atoms with E-state index in [2.05, 4.69) is 19.9 Å². The molecule has 2 aromatic heterocycles. The quantitative estimate of drug-likeness (QED) is 0.222. The van der Waals surface area contributed by atoms with Gasteiger partial charge >= 0.3 is 24.5 Å². The van der Waals surface area contributed by atoms with Gasteiger partial charge < -0.3 is 14.6 Å². The van der Waals surface area contributed by atoms with Gasteiger partial charge in [-0.25, -0.2) is 14.8 Å². The monoisotopic (exact) mass is 691 g/mol. The molecule has 1 aromatic carbocycles. The van der Waals surface area contributed by atoms with Crippen LogP contribution in [0.1, 0.15) is 36.2 Å². The molecule has 9 nitrogen and oxygen atoms in total. The number of carbonyl (C=O) groups is 1. The van der Waals surface area contributed by atoms with Crippen molar-refractivity contribution >= 4 is 29.2 Å². The van der Waals surface area contributed by atoms with E-state index < -0.39 is 35.6 Å². The smallest absolute Gasteiger partial charge is 0.355 e. The van der Waals surface area contributed by atoms with E-state index in [0.717, 1.165) is 24.3 Å². The van der Waals surface area contributed by atoms with Crippen LogP contribution in [0.5, 0.6) is 0 Å². The second kappa shape index (κ2) is 13.3. The molecule has 0 amide bonds. The van der Waals surface area contributed by atoms with E-state index in [1.54, 1.807) is 4.90 Å². The van der Waals surface area contributed by atoms with Crippen molar-refractivity contribution in [2.24, 2.45) is 0 Å². The van der Waals surface area contributed by atoms with Crippen LogP contribution in [0.15, 0.2) is 42.6 Å². The minimum atomic E-state index is -5.49. The van der Waals surface area contributed by atoms with E-state index in [0.29, 0.717) is 43.4 Å². The minimum absolute atomic E-state index is 0.00818. The minimum Gasteiger partial charge on any atom is -0.355 e. The van der Waals surface area contributed by atoms with Gasteiger partial charge in [0.2, 0.25) is 5.95 Å². The lowest BCUT2D eigenvalue weighted by atomic mass is 10.1. The van der Waals surface area contributed by atoms with Crippen LogP contribution in [0.3, 0.4) is 0 Å². The normalized spacial score (nSPS) is 16.5. The third-order valence-electron chi connectivity index (χ3n) is 8.06. The van der Waals surface area contributed by atoms with Crippen LogP contribution in [0.2, 0.25) is 0 Å². The van der Waals surface area contributed by atoms with Crippen molar-refractivity contribution in [3.8, 4) is 0 Å². The molecule has 5 rings (SSSR count). The molecule has 0 bridgehead atoms. The molecule has 48 heavy (non-hydrogen) atoms. The molecular formula is C30H30F9N7O2. The van der Waals surface area contributed by atoms with E-state index in [9.17, 15) is 44.3 Å². The number of hydrogen-bond donors (Lipinski definition) is 0. The highest BCUT2D eigenvalue weighted by Crippen LogP contribution is 2.39. The second-order valence-corrected chi connectivity index (χ2v) is 11.5. The van der Waals surface area contributed by atoms with Crippen molar-refractivity contribution in [2.45, 2.75) is 51.3 Å². The van der Waals surface area contributed by atoms with E-state index in [1.807, 2.05) is 13.8 Å². The summed E-state index contributed by atoms with van der Waals surface area (Å²) < 4.78 is 122. The van der Waals surface area contributed by atoms with Crippen molar-refractivity contribution in [3.63, 3.8) is 0 Å². The summed E-state index contributed by atoms with van der Waals surface area (Å²) in [6.07, 6.45) is -13.9. The summed E-state index contributed by atoms with van der Waals surface area (Å²) in [5.74, 6) is -3.34. The number of halogens is 9. The zero-order valence-corrected chi connectivity index (χ0v) is 25.6. The first kappa shape index (κ1) is 35.0. The van der Waals surface area contributed by atoms with Gasteiger partial charge in [-0.1, -0.05) is 0 Å². The fraction of sp³-hybridized carbons (Fsp3) is 0.467. The zero-order valence-electron chi connectivity index (χ0n) is 25.6. The largest absolute Gasteiger partial charge is 0.493 e. The molecule has 18 heteroatoms. The van der Waals surface area contributed by atoms with Gasteiger partial charge in [0, 0.05) is 63.5 Å². The third-order valence-corrected chi connectivity index (χ3v) is 8.06. The molecule has 0 N–H and O–H groups in total. The molecule has 1 saturated heterocycles. The third kappa shape index (κ3) is 7.68. The average molecular weight is 692 g/mol. The van der Waals surface area contributed by atoms with Crippen molar-refractivity contribution in [2.75, 3.05) is 54.1 Å². The number of hydrogen-bond acceptors (Lipinski definition) is 9. The van der Waals surface area contributed by atoms with Gasteiger partial charge in [0.1, 0.15) is 5.82 Å². The SMILES string of the molecule is CC(C)N1CCN(c2nc3c(c(N(OC(=O)C(F)(F)F)c4ccc(C(F)(F)F)cc4)n2)CCN(c2ncccc2C(F)(F)F)CC3)CC1. The Balaban J connectivity index is 1.61. The highest BCUT2D eigenvalue weighted by molar-refractivity contribution is 5.79. The van der Waals surface area contributed by atoms with Crippen molar-refractivity contribution in [1.29, 1.82) is 0 Å². The van der Waals surface area contributed by atoms with Crippen molar-refractivity contribution in [1.82, 2.24) is 19.9 Å². The molecular weight excluding hydrogens is 661 g/mol. The lowest BCUT2D eigenvalue weighted by Gasteiger charge is -2.37. The first-order chi connectivity index (χ1) is 22.4. The molecule has 4 heterocycles. The molecule has 1 fully saturated rings. The number of pyridine rings is 1. The Labute approximate surface area is 268 Å². The van der Waals surface area contributed by atoms with E-state index in [-0.39, 0.29) is 66.5 Å². The van der Waals surface area contributed by atoms with Crippen LogP contribution in [-0.2, 0) is 34.8 Å². The Kier molecular flexibility index (Phi) is 9.67. The molecule has 2 aliphatic heterocycles. The summed E-state index contributed by atoms with van der Waals surface area (Å²) in [7, 11) is 0. The van der Waals surface area contributed by atoms with Crippen LogP contribution >= 0.6 is 0 Å². The summed E-state index contributed by atoms with van der Waals surface area (Å²) in [6, 6.07) is 5.12. The van der Waals surface area contributed by atoms with E-state index >= 15 is 0 Å². The van der Waals surface area contributed by atoms with E-state index in [4.69, 9.17) is 4.84 Å². The first-order valence-electron chi connectivity index (χ1n) is 14.9. The summed E-state index contributed by atoms with van der Waals surface area (Å²) in [5, 5.41) is 0.405. The summed E-state index contributed by atoms with van der Waals surface area (Å²) in [5.41, 5.74) is -2.08. The highest BCUT2D eigenvalue weighted by atomic mass is 19.4. The molecule has 3 aromatic rings. The molecule has 0 unspecified atom stereocenters. The van der Waals surface area contributed by atoms with Crippen LogP contribution in [0.25, 0.3) is 0 Å². The Morgan fingerprint density at radius 3 is 2.04 bits per heavy atom. The number of anilines is 4. The van der Waals surface area contributed by atoms with Gasteiger partial charge in [-0.15, -0.1) is 0 Å². The second-order valence-electron chi connectivity index (χ2n) is 11.5. The van der Waals surface area contributed by atoms with Crippen LogP contribution < -0.4 is 14.9 Å². The highest BCUT2D eigenvalue weighted by Gasteiger charge is 2.44. The van der Waals surface area contributed by atoms with Gasteiger partial charge in [0.25, 0.3) is 0 Å². The number of piperazine rings is 1. The Morgan fingerprint density at radius 1 is 0.812 bits per heavy atom. The lowest BCUT2D eigenvalue weighted by molar-refractivity contribution is -0.199. The van der Waals surface area contributed by atoms with Gasteiger partial charge in [-0.3, -0.25) is 4.90 Å². The predicted molar refractivity (Wildman–Crippen MR) is 156 cm³/mol. The predicted octanol–water partition coefficient (Wildman–Crippen LogP) is 6.20. The van der Waals surface area contributed by atoms with Gasteiger partial charge in [-0.2, -0.15) is 49.6 Å². The molecule has 0 atom stereocenters. The average Bonchev–Trinajstić information content (AvgIpc) is 3.25. The first-order valence-corrected chi connectivity index (χ1v) is 14.9. The standard InChI is InChI=1S/C30H30F9N7O2/c1-18(2)43-14-16-45(17-15-43)27-41-23-10-13-44(25-22(29(34,35)36)4-3-11-40-25)12-9-21(23)24(42-27)46(48-26(47)30(37,38)39)20-7-5-19(6-8-20)28(31,32)33/h3-8,11,18H,9-10,12-17H2,1-2H3. The summed E-state index contributed by atoms with van der Waals surface area (Å²) >= 11 is 0. The Bertz CT molecular complexity index is 1600. The fourth-order valence-electron chi connectivity index (χ4n) is 5.54. The number of nitrogens with zero attached hydrogens (tertiary/aromatic N) is 7. The summed E-state index contributed by atoms with van der Waals surface area (Å²) in [6.45, 7) is 5.89. The van der Waals surface area contributed by atoms with Crippen molar-refractivity contribution < 1.29 is 49.1 Å². The Morgan fingerprint density at radius 2 is 1.46 bits per heavy atom. The van der Waals surface area contributed by atoms with Gasteiger partial charge in [0.15, 0.2) is 5.82 Å². The van der Waals surface area contributed by atoms with Crippen LogP contribution in [-0.4, -0.2) is 77.3 Å². The molecule has 260 valence electrons. The molecule has 0 radical (unpaired) electrons. The number of aromatic nitrogens is 3. The maximum Gasteiger partial charge on any atom is 0.493 e. The molecule has 0 saturated carbocycles. The lowest BCUT2D eigenvalue weighted by Crippen LogP contribution is -2.49. The number of carbonyl (C=O) groups excluding carboxylic acids is 1. The summed E-state index contributed by atoms with van der Waals surface area (Å²) in [4.78, 5) is 35.4.